The smallest absolute Gasteiger partial charge is 0.348 e. The molecule has 1 amide bonds. The van der Waals surface area contributed by atoms with Gasteiger partial charge in [0, 0.05) is 18.0 Å². The normalized spacial score (nSPS) is 20.6. The zero-order valence-electron chi connectivity index (χ0n) is 13.7. The number of rotatable bonds is 6. The summed E-state index contributed by atoms with van der Waals surface area (Å²) in [7, 11) is 0. The molecule has 0 aliphatic carbocycles. The zero-order valence-corrected chi connectivity index (χ0v) is 13.7. The van der Waals surface area contributed by atoms with Crippen LogP contribution in [0.15, 0.2) is 10.9 Å². The predicted octanol–water partition coefficient (Wildman–Crippen LogP) is -0.765. The predicted molar refractivity (Wildman–Crippen MR) is 82.7 cm³/mol. The Morgan fingerprint density at radius 1 is 1.50 bits per heavy atom. The average molecular weight is 339 g/mol. The lowest BCUT2D eigenvalue weighted by Gasteiger charge is -2.31. The number of aromatic nitrogens is 2. The minimum Gasteiger partial charge on any atom is -0.480 e. The number of ether oxygens (including phenoxy) is 2. The first-order chi connectivity index (χ1) is 11.4. The van der Waals surface area contributed by atoms with Crippen molar-refractivity contribution < 1.29 is 24.2 Å². The van der Waals surface area contributed by atoms with Gasteiger partial charge in [-0.15, -0.1) is 0 Å². The monoisotopic (exact) mass is 339 g/mol. The standard InChI is InChI=1S/C15H21N3O6/c1-9-5-10(2)18(15(22)16-9)6-13(19)17-11-7-23-4-3-12(11)24-8-14(20)21/h5,11-12H,3-4,6-8H2,1-2H3,(H,17,19)(H,20,21)/t11-,12+/m1/s1. The lowest BCUT2D eigenvalue weighted by atomic mass is 10.1. The fourth-order valence-electron chi connectivity index (χ4n) is 2.59. The number of amides is 1. The van der Waals surface area contributed by atoms with Crippen molar-refractivity contribution in [1.29, 1.82) is 0 Å². The van der Waals surface area contributed by atoms with E-state index in [1.807, 2.05) is 0 Å². The topological polar surface area (TPSA) is 120 Å². The molecule has 1 aromatic rings. The van der Waals surface area contributed by atoms with Crippen molar-refractivity contribution in [2.45, 2.75) is 39.0 Å². The van der Waals surface area contributed by atoms with Gasteiger partial charge in [-0.05, 0) is 26.3 Å². The molecule has 0 spiro atoms. The Hall–Kier alpha value is -2.26. The van der Waals surface area contributed by atoms with Crippen molar-refractivity contribution in [2.24, 2.45) is 0 Å². The number of nitrogens with zero attached hydrogens (tertiary/aromatic N) is 2. The molecule has 0 unspecified atom stereocenters. The third-order valence-electron chi connectivity index (χ3n) is 3.71. The van der Waals surface area contributed by atoms with Gasteiger partial charge in [-0.3, -0.25) is 9.36 Å². The first-order valence-corrected chi connectivity index (χ1v) is 7.62. The van der Waals surface area contributed by atoms with Crippen LogP contribution in [0.4, 0.5) is 0 Å². The molecule has 1 aliphatic rings. The van der Waals surface area contributed by atoms with E-state index >= 15 is 0 Å². The van der Waals surface area contributed by atoms with Gasteiger partial charge in [0.05, 0.1) is 18.8 Å². The van der Waals surface area contributed by atoms with Gasteiger partial charge in [0.15, 0.2) is 0 Å². The molecule has 2 N–H and O–H groups in total. The lowest BCUT2D eigenvalue weighted by Crippen LogP contribution is -2.52. The molecule has 1 aromatic heterocycles. The minimum atomic E-state index is -1.07. The van der Waals surface area contributed by atoms with E-state index in [9.17, 15) is 14.4 Å². The van der Waals surface area contributed by atoms with E-state index < -0.39 is 30.4 Å². The Morgan fingerprint density at radius 2 is 2.25 bits per heavy atom. The van der Waals surface area contributed by atoms with Crippen LogP contribution in [-0.4, -0.2) is 58.5 Å². The average Bonchev–Trinajstić information content (AvgIpc) is 2.50. The van der Waals surface area contributed by atoms with Crippen molar-refractivity contribution in [1.82, 2.24) is 14.9 Å². The Morgan fingerprint density at radius 3 is 2.92 bits per heavy atom. The second-order valence-corrected chi connectivity index (χ2v) is 5.69. The number of carboxylic acid groups (broad SMARTS) is 1. The van der Waals surface area contributed by atoms with E-state index in [2.05, 4.69) is 10.3 Å². The maximum absolute atomic E-state index is 12.2. The highest BCUT2D eigenvalue weighted by Gasteiger charge is 2.28. The summed E-state index contributed by atoms with van der Waals surface area (Å²) in [6.07, 6.45) is 0.0521. The summed E-state index contributed by atoms with van der Waals surface area (Å²) in [5.74, 6) is -1.45. The number of carbonyl (C=O) groups excluding carboxylic acids is 1. The molecule has 0 bridgehead atoms. The second-order valence-electron chi connectivity index (χ2n) is 5.69. The van der Waals surface area contributed by atoms with Crippen LogP contribution in [0, 0.1) is 13.8 Å². The van der Waals surface area contributed by atoms with Crippen molar-refractivity contribution >= 4 is 11.9 Å². The van der Waals surface area contributed by atoms with Gasteiger partial charge in [-0.25, -0.2) is 9.59 Å². The minimum absolute atomic E-state index is 0.167. The third-order valence-corrected chi connectivity index (χ3v) is 3.71. The van der Waals surface area contributed by atoms with E-state index in [4.69, 9.17) is 14.6 Å². The molecule has 132 valence electrons. The summed E-state index contributed by atoms with van der Waals surface area (Å²) in [5.41, 5.74) is 0.749. The summed E-state index contributed by atoms with van der Waals surface area (Å²) in [4.78, 5) is 38.6. The molecule has 2 rings (SSSR count). The Bertz CT molecular complexity index is 672. The van der Waals surface area contributed by atoms with E-state index in [1.54, 1.807) is 19.9 Å². The van der Waals surface area contributed by atoms with Crippen LogP contribution >= 0.6 is 0 Å². The molecule has 2 atom stereocenters. The van der Waals surface area contributed by atoms with Gasteiger partial charge in [0.25, 0.3) is 0 Å². The van der Waals surface area contributed by atoms with Crippen LogP contribution in [0.25, 0.3) is 0 Å². The van der Waals surface area contributed by atoms with Crippen LogP contribution in [0.5, 0.6) is 0 Å². The maximum atomic E-state index is 12.2. The Labute approximate surface area is 138 Å². The molecule has 9 heteroatoms. The molecule has 0 aromatic carbocycles. The van der Waals surface area contributed by atoms with Crippen LogP contribution in [0.1, 0.15) is 17.8 Å². The van der Waals surface area contributed by atoms with Gasteiger partial charge < -0.3 is 19.9 Å². The molecule has 9 nitrogen and oxygen atoms in total. The van der Waals surface area contributed by atoms with Crippen molar-refractivity contribution in [3.8, 4) is 0 Å². The first-order valence-electron chi connectivity index (χ1n) is 7.62. The van der Waals surface area contributed by atoms with Gasteiger partial charge in [0.2, 0.25) is 5.91 Å². The van der Waals surface area contributed by atoms with Crippen molar-refractivity contribution in [2.75, 3.05) is 19.8 Å². The summed E-state index contributed by atoms with van der Waals surface area (Å²) in [5, 5.41) is 11.4. The van der Waals surface area contributed by atoms with Crippen LogP contribution in [-0.2, 0) is 25.6 Å². The van der Waals surface area contributed by atoms with Crippen LogP contribution in [0.3, 0.4) is 0 Å². The number of aliphatic carboxylic acids is 1. The Kier molecular flexibility index (Phi) is 6.04. The molecule has 1 saturated heterocycles. The number of hydrogen-bond donors (Lipinski definition) is 2. The molecule has 1 aliphatic heterocycles. The van der Waals surface area contributed by atoms with Crippen LogP contribution < -0.4 is 11.0 Å². The summed E-state index contributed by atoms with van der Waals surface area (Å²) >= 11 is 0. The van der Waals surface area contributed by atoms with Gasteiger partial charge in [-0.1, -0.05) is 0 Å². The highest BCUT2D eigenvalue weighted by molar-refractivity contribution is 5.76. The fourth-order valence-corrected chi connectivity index (χ4v) is 2.59. The zero-order chi connectivity index (χ0) is 17.7. The lowest BCUT2D eigenvalue weighted by molar-refractivity contribution is -0.148. The fraction of sp³-hybridized carbons (Fsp3) is 0.600. The summed E-state index contributed by atoms with van der Waals surface area (Å²) < 4.78 is 11.9. The third kappa shape index (κ3) is 4.87. The molecule has 0 radical (unpaired) electrons. The first kappa shape index (κ1) is 18.1. The van der Waals surface area contributed by atoms with Crippen LogP contribution in [0.2, 0.25) is 0 Å². The van der Waals surface area contributed by atoms with E-state index in [0.717, 1.165) is 0 Å². The summed E-state index contributed by atoms with van der Waals surface area (Å²) in [6.45, 7) is 3.51. The molecule has 0 saturated carbocycles. The second kappa shape index (κ2) is 8.02. The molecule has 1 fully saturated rings. The van der Waals surface area contributed by atoms with E-state index in [1.165, 1.54) is 4.57 Å². The molecular weight excluding hydrogens is 318 g/mol. The van der Waals surface area contributed by atoms with E-state index in [0.29, 0.717) is 24.4 Å². The van der Waals surface area contributed by atoms with Gasteiger partial charge >= 0.3 is 11.7 Å². The highest BCUT2D eigenvalue weighted by Crippen LogP contribution is 2.12. The summed E-state index contributed by atoms with van der Waals surface area (Å²) in [6, 6.07) is 1.26. The SMILES string of the molecule is Cc1cc(C)n(CC(=O)N[C@@H]2COCC[C@@H]2OCC(=O)O)c(=O)n1. The number of carbonyl (C=O) groups is 2. The van der Waals surface area contributed by atoms with Crippen molar-refractivity contribution in [3.05, 3.63) is 27.9 Å². The molecule has 24 heavy (non-hydrogen) atoms. The van der Waals surface area contributed by atoms with E-state index in [-0.39, 0.29) is 19.1 Å². The number of nitrogens with one attached hydrogen (secondary N) is 1. The number of hydrogen-bond acceptors (Lipinski definition) is 6. The van der Waals surface area contributed by atoms with Gasteiger partial charge in [0.1, 0.15) is 13.2 Å². The van der Waals surface area contributed by atoms with Gasteiger partial charge in [-0.2, -0.15) is 4.98 Å². The molecule has 2 heterocycles. The van der Waals surface area contributed by atoms with Crippen molar-refractivity contribution in [3.63, 3.8) is 0 Å². The highest BCUT2D eigenvalue weighted by atomic mass is 16.5. The largest absolute Gasteiger partial charge is 0.480 e. The number of carboxylic acids is 1. The quantitative estimate of drug-likeness (QED) is 0.698. The molecular formula is C15H21N3O6. The number of aryl methyl sites for hydroxylation is 2. The maximum Gasteiger partial charge on any atom is 0.348 e. The Balaban J connectivity index is 2.00.